The number of ether oxygens (including phenoxy) is 2. The maximum Gasteiger partial charge on any atom is 0.341 e. The molecule has 1 heterocycles. The quantitative estimate of drug-likeness (QED) is 0.696. The third-order valence-electron chi connectivity index (χ3n) is 3.71. The van der Waals surface area contributed by atoms with Crippen LogP contribution in [0.2, 0.25) is 5.02 Å². The van der Waals surface area contributed by atoms with Gasteiger partial charge in [-0.1, -0.05) is 23.7 Å². The van der Waals surface area contributed by atoms with Gasteiger partial charge in [-0.3, -0.25) is 4.79 Å². The van der Waals surface area contributed by atoms with E-state index in [0.717, 1.165) is 0 Å². The molecule has 0 saturated heterocycles. The molecule has 0 aliphatic carbocycles. The van der Waals surface area contributed by atoms with Gasteiger partial charge in [0.15, 0.2) is 0 Å². The zero-order chi connectivity index (χ0) is 20.0. The van der Waals surface area contributed by atoms with Crippen LogP contribution in [0.15, 0.2) is 34.7 Å². The van der Waals surface area contributed by atoms with Crippen molar-refractivity contribution in [1.82, 2.24) is 5.32 Å². The van der Waals surface area contributed by atoms with Crippen LogP contribution in [-0.2, 0) is 20.9 Å². The molecule has 0 radical (unpaired) electrons. The zero-order valence-corrected chi connectivity index (χ0v) is 15.5. The van der Waals surface area contributed by atoms with Crippen molar-refractivity contribution in [3.63, 3.8) is 0 Å². The molecule has 8 nitrogen and oxygen atoms in total. The van der Waals surface area contributed by atoms with Crippen LogP contribution in [0.3, 0.4) is 0 Å². The lowest BCUT2D eigenvalue weighted by Gasteiger charge is -2.17. The highest BCUT2D eigenvalue weighted by Gasteiger charge is 2.20. The van der Waals surface area contributed by atoms with Gasteiger partial charge in [-0.2, -0.15) is 0 Å². The molecule has 1 aromatic carbocycles. The number of halogens is 1. The van der Waals surface area contributed by atoms with E-state index in [4.69, 9.17) is 26.5 Å². The van der Waals surface area contributed by atoms with Crippen LogP contribution in [0.1, 0.15) is 39.9 Å². The number of nitrogens with one attached hydrogen (secondary N) is 1. The molecule has 9 heteroatoms. The van der Waals surface area contributed by atoms with Gasteiger partial charge in [-0.05, 0) is 30.7 Å². The Balaban J connectivity index is 2.00. The van der Waals surface area contributed by atoms with Gasteiger partial charge in [-0.15, -0.1) is 0 Å². The number of aryl methyl sites for hydroxylation is 1. The molecule has 0 spiro atoms. The average Bonchev–Trinajstić information content (AvgIpc) is 3.00. The van der Waals surface area contributed by atoms with Crippen molar-refractivity contribution in [3.05, 3.63) is 58.0 Å². The van der Waals surface area contributed by atoms with Crippen LogP contribution in [-0.4, -0.2) is 25.1 Å². The third kappa shape index (κ3) is 5.75. The Bertz CT molecular complexity index is 831. The molecule has 1 aromatic heterocycles. The number of hydrogen-bond acceptors (Lipinski definition) is 6. The molecule has 144 valence electrons. The number of benzene rings is 1. The molecule has 3 N–H and O–H groups in total. The van der Waals surface area contributed by atoms with Crippen molar-refractivity contribution < 1.29 is 28.3 Å². The second kappa shape index (κ2) is 9.09. The maximum atomic E-state index is 12.2. The number of esters is 2. The molecule has 0 saturated carbocycles. The lowest BCUT2D eigenvalue weighted by atomic mass is 10.0. The van der Waals surface area contributed by atoms with Gasteiger partial charge < -0.3 is 24.9 Å². The molecule has 27 heavy (non-hydrogen) atoms. The first kappa shape index (κ1) is 20.3. The van der Waals surface area contributed by atoms with Crippen molar-refractivity contribution >= 4 is 29.6 Å². The minimum absolute atomic E-state index is 0.145. The van der Waals surface area contributed by atoms with Crippen molar-refractivity contribution in [1.29, 1.82) is 0 Å². The first-order chi connectivity index (χ1) is 12.8. The first-order valence-electron chi connectivity index (χ1n) is 7.94. The van der Waals surface area contributed by atoms with Crippen LogP contribution in [0.25, 0.3) is 0 Å². The fourth-order valence-corrected chi connectivity index (χ4v) is 2.55. The van der Waals surface area contributed by atoms with E-state index in [1.165, 1.54) is 13.2 Å². The molecule has 1 atom stereocenters. The summed E-state index contributed by atoms with van der Waals surface area (Å²) in [4.78, 5) is 34.9. The number of amides is 2. The topological polar surface area (TPSA) is 121 Å². The standard InChI is InChI=1S/C18H19ClN2O6/c1-10-14(17(23)25-2)7-13(27-10)9-26-16(22)8-15(21-18(20)24)11-3-5-12(19)6-4-11/h3-7,15H,8-9H2,1-2H3,(H3,20,21,24). The van der Waals surface area contributed by atoms with E-state index in [0.29, 0.717) is 22.1 Å². The fourth-order valence-electron chi connectivity index (χ4n) is 2.42. The van der Waals surface area contributed by atoms with E-state index in [2.05, 4.69) is 10.1 Å². The number of urea groups is 1. The Morgan fingerprint density at radius 3 is 2.52 bits per heavy atom. The van der Waals surface area contributed by atoms with Crippen molar-refractivity contribution in [2.24, 2.45) is 5.73 Å². The summed E-state index contributed by atoms with van der Waals surface area (Å²) in [5.41, 5.74) is 6.09. The van der Waals surface area contributed by atoms with Gasteiger partial charge in [0.25, 0.3) is 0 Å². The largest absolute Gasteiger partial charge is 0.465 e. The van der Waals surface area contributed by atoms with Crippen LogP contribution in [0.4, 0.5) is 4.79 Å². The summed E-state index contributed by atoms with van der Waals surface area (Å²) in [6.07, 6.45) is -0.145. The van der Waals surface area contributed by atoms with Crippen molar-refractivity contribution in [2.45, 2.75) is 26.0 Å². The Morgan fingerprint density at radius 1 is 1.26 bits per heavy atom. The number of carbonyl (C=O) groups is 3. The summed E-state index contributed by atoms with van der Waals surface area (Å²) in [6, 6.07) is 6.63. The zero-order valence-electron chi connectivity index (χ0n) is 14.8. The first-order valence-corrected chi connectivity index (χ1v) is 8.32. The molecule has 0 aliphatic heterocycles. The van der Waals surface area contributed by atoms with Crippen molar-refractivity contribution in [2.75, 3.05) is 7.11 Å². The number of carbonyl (C=O) groups excluding carboxylic acids is 3. The minimum atomic E-state index is -0.771. The monoisotopic (exact) mass is 394 g/mol. The van der Waals surface area contributed by atoms with E-state index in [-0.39, 0.29) is 18.6 Å². The Hall–Kier alpha value is -3.00. The number of primary amides is 1. The number of hydrogen-bond donors (Lipinski definition) is 2. The molecular weight excluding hydrogens is 376 g/mol. The van der Waals surface area contributed by atoms with Crippen LogP contribution >= 0.6 is 11.6 Å². The molecule has 1 unspecified atom stereocenters. The normalized spacial score (nSPS) is 11.5. The van der Waals surface area contributed by atoms with E-state index in [1.54, 1.807) is 31.2 Å². The second-order valence-corrected chi connectivity index (χ2v) is 6.09. The smallest absolute Gasteiger partial charge is 0.341 e. The second-order valence-electron chi connectivity index (χ2n) is 5.65. The molecular formula is C18H19ClN2O6. The summed E-state index contributed by atoms with van der Waals surface area (Å²) in [7, 11) is 1.26. The predicted octanol–water partition coefficient (Wildman–Crippen LogP) is 2.87. The minimum Gasteiger partial charge on any atom is -0.465 e. The molecule has 0 bridgehead atoms. The Labute approximate surface area is 160 Å². The van der Waals surface area contributed by atoms with Crippen LogP contribution in [0.5, 0.6) is 0 Å². The van der Waals surface area contributed by atoms with Gasteiger partial charge in [0, 0.05) is 5.02 Å². The van der Waals surface area contributed by atoms with Gasteiger partial charge in [0.05, 0.1) is 19.6 Å². The molecule has 2 aromatic rings. The Kier molecular flexibility index (Phi) is 6.84. The predicted molar refractivity (Wildman–Crippen MR) is 96.1 cm³/mol. The lowest BCUT2D eigenvalue weighted by Crippen LogP contribution is -2.34. The number of rotatable bonds is 7. The summed E-state index contributed by atoms with van der Waals surface area (Å²) >= 11 is 5.85. The SMILES string of the molecule is COC(=O)c1cc(COC(=O)CC(NC(N)=O)c2ccc(Cl)cc2)oc1C. The molecule has 0 fully saturated rings. The van der Waals surface area contributed by atoms with Gasteiger partial charge in [-0.25, -0.2) is 9.59 Å². The summed E-state index contributed by atoms with van der Waals surface area (Å²) in [5.74, 6) is -0.464. The number of methoxy groups -OCH3 is 1. The third-order valence-corrected chi connectivity index (χ3v) is 3.96. The maximum absolute atomic E-state index is 12.2. The van der Waals surface area contributed by atoms with E-state index < -0.39 is 24.0 Å². The van der Waals surface area contributed by atoms with E-state index >= 15 is 0 Å². The van der Waals surface area contributed by atoms with Gasteiger partial charge in [0.2, 0.25) is 0 Å². The highest BCUT2D eigenvalue weighted by atomic mass is 35.5. The highest BCUT2D eigenvalue weighted by Crippen LogP contribution is 2.21. The van der Waals surface area contributed by atoms with Gasteiger partial charge in [0.1, 0.15) is 23.7 Å². The summed E-state index contributed by atoms with van der Waals surface area (Å²) < 4.78 is 15.2. The van der Waals surface area contributed by atoms with Crippen LogP contribution in [0, 0.1) is 6.92 Å². The lowest BCUT2D eigenvalue weighted by molar-refractivity contribution is -0.146. The fraction of sp³-hybridized carbons (Fsp3) is 0.278. The van der Waals surface area contributed by atoms with Crippen molar-refractivity contribution in [3.8, 4) is 0 Å². The average molecular weight is 395 g/mol. The highest BCUT2D eigenvalue weighted by molar-refractivity contribution is 6.30. The molecule has 0 aliphatic rings. The van der Waals surface area contributed by atoms with Gasteiger partial charge >= 0.3 is 18.0 Å². The van der Waals surface area contributed by atoms with Crippen LogP contribution < -0.4 is 11.1 Å². The van der Waals surface area contributed by atoms with E-state index in [9.17, 15) is 14.4 Å². The number of furan rings is 1. The Morgan fingerprint density at radius 2 is 1.93 bits per heavy atom. The summed E-state index contributed by atoms with van der Waals surface area (Å²) in [6.45, 7) is 1.44. The summed E-state index contributed by atoms with van der Waals surface area (Å²) in [5, 5.41) is 3.01. The number of nitrogens with two attached hydrogens (primary N) is 1. The molecule has 2 amide bonds. The van der Waals surface area contributed by atoms with E-state index in [1.807, 2.05) is 0 Å². The molecule has 2 rings (SSSR count).